The van der Waals surface area contributed by atoms with Gasteiger partial charge in [-0.1, -0.05) is 6.92 Å². The normalized spacial score (nSPS) is 10.1. The highest BCUT2D eigenvalue weighted by molar-refractivity contribution is 5.91. The second-order valence-electron chi connectivity index (χ2n) is 4.15. The third-order valence-corrected chi connectivity index (χ3v) is 2.52. The van der Waals surface area contributed by atoms with E-state index in [0.717, 1.165) is 6.42 Å². The fourth-order valence-corrected chi connectivity index (χ4v) is 1.56. The molecule has 5 heteroatoms. The van der Waals surface area contributed by atoms with Gasteiger partial charge in [-0.25, -0.2) is 4.79 Å². The van der Waals surface area contributed by atoms with Crippen molar-refractivity contribution < 1.29 is 14.3 Å². The van der Waals surface area contributed by atoms with Crippen molar-refractivity contribution in [2.24, 2.45) is 0 Å². The van der Waals surface area contributed by atoms with Crippen molar-refractivity contribution in [2.45, 2.75) is 13.3 Å². The lowest BCUT2D eigenvalue weighted by Gasteiger charge is -2.06. The Morgan fingerprint density at radius 3 is 2.55 bits per heavy atom. The van der Waals surface area contributed by atoms with E-state index in [1.54, 1.807) is 24.3 Å². The molecular formula is C15H15NO4. The Kier molecular flexibility index (Phi) is 4.55. The van der Waals surface area contributed by atoms with Crippen LogP contribution < -0.4 is 15.0 Å². The Morgan fingerprint density at radius 2 is 1.90 bits per heavy atom. The minimum Gasteiger partial charge on any atom is -0.494 e. The molecule has 1 N–H and O–H groups in total. The number of ether oxygens (including phenoxy) is 2. The van der Waals surface area contributed by atoms with Crippen molar-refractivity contribution in [1.29, 1.82) is 0 Å². The van der Waals surface area contributed by atoms with E-state index in [4.69, 9.17) is 9.47 Å². The summed E-state index contributed by atoms with van der Waals surface area (Å²) < 4.78 is 10.5. The van der Waals surface area contributed by atoms with E-state index < -0.39 is 5.97 Å². The number of hydrogen-bond acceptors (Lipinski definition) is 4. The molecule has 0 saturated carbocycles. The van der Waals surface area contributed by atoms with Crippen LogP contribution in [0.5, 0.6) is 11.5 Å². The highest BCUT2D eigenvalue weighted by Crippen LogP contribution is 2.14. The average molecular weight is 273 g/mol. The summed E-state index contributed by atoms with van der Waals surface area (Å²) in [5.41, 5.74) is 0.0766. The highest BCUT2D eigenvalue weighted by atomic mass is 16.5. The van der Waals surface area contributed by atoms with Crippen molar-refractivity contribution in [3.05, 3.63) is 58.5 Å². The van der Waals surface area contributed by atoms with Gasteiger partial charge in [-0.3, -0.25) is 4.79 Å². The monoisotopic (exact) mass is 273 g/mol. The van der Waals surface area contributed by atoms with Gasteiger partial charge in [-0.15, -0.1) is 0 Å². The summed E-state index contributed by atoms with van der Waals surface area (Å²) in [5, 5.41) is 0. The standard InChI is InChI=1S/C15H15NO4/c1-2-9-19-12-5-3-11(4-6-12)15(18)20-13-7-8-16-14(17)10-13/h3-8,10H,2,9H2,1H3,(H,16,17). The Morgan fingerprint density at radius 1 is 1.15 bits per heavy atom. The molecule has 2 rings (SSSR count). The fourth-order valence-electron chi connectivity index (χ4n) is 1.56. The molecule has 0 bridgehead atoms. The Balaban J connectivity index is 2.04. The van der Waals surface area contributed by atoms with E-state index in [2.05, 4.69) is 4.98 Å². The number of aromatic amines is 1. The highest BCUT2D eigenvalue weighted by Gasteiger charge is 2.08. The predicted octanol–water partition coefficient (Wildman–Crippen LogP) is 2.38. The Labute approximate surface area is 116 Å². The third-order valence-electron chi connectivity index (χ3n) is 2.52. The van der Waals surface area contributed by atoms with Gasteiger partial charge in [0.25, 0.3) is 5.56 Å². The summed E-state index contributed by atoms with van der Waals surface area (Å²) in [5.74, 6) is 0.405. The van der Waals surface area contributed by atoms with Crippen LogP contribution in [0.25, 0.3) is 0 Å². The maximum absolute atomic E-state index is 11.9. The van der Waals surface area contributed by atoms with Crippen molar-refractivity contribution in [2.75, 3.05) is 6.61 Å². The lowest BCUT2D eigenvalue weighted by Crippen LogP contribution is -2.11. The molecular weight excluding hydrogens is 258 g/mol. The molecule has 5 nitrogen and oxygen atoms in total. The quantitative estimate of drug-likeness (QED) is 0.849. The van der Waals surface area contributed by atoms with Gasteiger partial charge in [0.15, 0.2) is 0 Å². The van der Waals surface area contributed by atoms with Crippen molar-refractivity contribution >= 4 is 5.97 Å². The van der Waals surface area contributed by atoms with Crippen LogP contribution in [0.3, 0.4) is 0 Å². The van der Waals surface area contributed by atoms with E-state index in [9.17, 15) is 9.59 Å². The van der Waals surface area contributed by atoms with Gasteiger partial charge in [0, 0.05) is 12.3 Å². The van der Waals surface area contributed by atoms with Gasteiger partial charge in [-0.05, 0) is 36.8 Å². The first kappa shape index (κ1) is 13.9. The van der Waals surface area contributed by atoms with Crippen LogP contribution in [0.1, 0.15) is 23.7 Å². The minimum atomic E-state index is -0.516. The lowest BCUT2D eigenvalue weighted by atomic mass is 10.2. The number of rotatable bonds is 5. The summed E-state index contributed by atoms with van der Waals surface area (Å²) in [6, 6.07) is 9.41. The smallest absolute Gasteiger partial charge is 0.343 e. The zero-order valence-electron chi connectivity index (χ0n) is 11.1. The van der Waals surface area contributed by atoms with Crippen molar-refractivity contribution in [3.63, 3.8) is 0 Å². The molecule has 0 aliphatic rings. The first-order valence-corrected chi connectivity index (χ1v) is 6.33. The first-order valence-electron chi connectivity index (χ1n) is 6.33. The molecule has 1 aromatic carbocycles. The van der Waals surface area contributed by atoms with E-state index in [0.29, 0.717) is 17.9 Å². The summed E-state index contributed by atoms with van der Waals surface area (Å²) in [4.78, 5) is 25.4. The second-order valence-corrected chi connectivity index (χ2v) is 4.15. The molecule has 0 radical (unpaired) electrons. The molecule has 0 spiro atoms. The van der Waals surface area contributed by atoms with Crippen LogP contribution in [-0.2, 0) is 0 Å². The van der Waals surface area contributed by atoms with Crippen LogP contribution in [0, 0.1) is 0 Å². The zero-order chi connectivity index (χ0) is 14.4. The predicted molar refractivity (Wildman–Crippen MR) is 74.2 cm³/mol. The van der Waals surface area contributed by atoms with E-state index >= 15 is 0 Å². The number of benzene rings is 1. The fraction of sp³-hybridized carbons (Fsp3) is 0.200. The number of H-pyrrole nitrogens is 1. The Bertz CT molecular complexity index is 631. The molecule has 1 heterocycles. The van der Waals surface area contributed by atoms with Gasteiger partial charge in [0.05, 0.1) is 12.2 Å². The molecule has 0 fully saturated rings. The largest absolute Gasteiger partial charge is 0.494 e. The van der Waals surface area contributed by atoms with E-state index in [-0.39, 0.29) is 11.3 Å². The molecule has 104 valence electrons. The number of hydrogen-bond donors (Lipinski definition) is 1. The summed E-state index contributed by atoms with van der Waals surface area (Å²) in [6.07, 6.45) is 2.35. The molecule has 0 atom stereocenters. The third kappa shape index (κ3) is 3.71. The van der Waals surface area contributed by atoms with Crippen LogP contribution >= 0.6 is 0 Å². The second kappa shape index (κ2) is 6.56. The molecule has 0 aliphatic heterocycles. The number of carbonyl (C=O) groups excluding carboxylic acids is 1. The number of aromatic nitrogens is 1. The SMILES string of the molecule is CCCOc1ccc(C(=O)Oc2cc[nH]c(=O)c2)cc1. The molecule has 0 saturated heterocycles. The van der Waals surface area contributed by atoms with Crippen molar-refractivity contribution in [1.82, 2.24) is 4.98 Å². The van der Waals surface area contributed by atoms with Crippen LogP contribution in [0.4, 0.5) is 0 Å². The summed E-state index contributed by atoms with van der Waals surface area (Å²) in [6.45, 7) is 2.66. The lowest BCUT2D eigenvalue weighted by molar-refractivity contribution is 0.0734. The molecule has 0 amide bonds. The zero-order valence-corrected chi connectivity index (χ0v) is 11.1. The van der Waals surface area contributed by atoms with Crippen LogP contribution in [0.15, 0.2) is 47.4 Å². The van der Waals surface area contributed by atoms with Gasteiger partial charge in [0.1, 0.15) is 11.5 Å². The molecule has 1 aromatic heterocycles. The maximum atomic E-state index is 11.9. The van der Waals surface area contributed by atoms with E-state index in [1.807, 2.05) is 6.92 Å². The number of esters is 1. The van der Waals surface area contributed by atoms with Crippen LogP contribution in [-0.4, -0.2) is 17.6 Å². The number of pyridine rings is 1. The molecule has 2 aromatic rings. The van der Waals surface area contributed by atoms with Crippen LogP contribution in [0.2, 0.25) is 0 Å². The topological polar surface area (TPSA) is 68.4 Å². The van der Waals surface area contributed by atoms with E-state index in [1.165, 1.54) is 18.3 Å². The van der Waals surface area contributed by atoms with Gasteiger partial charge in [0.2, 0.25) is 0 Å². The average Bonchev–Trinajstić information content (AvgIpc) is 2.45. The van der Waals surface area contributed by atoms with Gasteiger partial charge < -0.3 is 14.5 Å². The summed E-state index contributed by atoms with van der Waals surface area (Å²) in [7, 11) is 0. The van der Waals surface area contributed by atoms with Crippen molar-refractivity contribution in [3.8, 4) is 11.5 Å². The first-order chi connectivity index (χ1) is 9.69. The molecule has 0 unspecified atom stereocenters. The summed E-state index contributed by atoms with van der Waals surface area (Å²) >= 11 is 0. The molecule has 20 heavy (non-hydrogen) atoms. The molecule has 0 aliphatic carbocycles. The van der Waals surface area contributed by atoms with Gasteiger partial charge >= 0.3 is 5.97 Å². The Hall–Kier alpha value is -2.56. The van der Waals surface area contributed by atoms with Gasteiger partial charge in [-0.2, -0.15) is 0 Å². The number of nitrogens with one attached hydrogen (secondary N) is 1. The number of carbonyl (C=O) groups is 1. The minimum absolute atomic E-state index is 0.213. The maximum Gasteiger partial charge on any atom is 0.343 e.